The summed E-state index contributed by atoms with van der Waals surface area (Å²) in [5, 5.41) is 0. The Kier molecular flexibility index (Phi) is 5.91. The van der Waals surface area contributed by atoms with Crippen molar-refractivity contribution in [1.29, 1.82) is 0 Å². The first-order valence-electron chi connectivity index (χ1n) is 3.69. The molecule has 4 heteroatoms. The summed E-state index contributed by atoms with van der Waals surface area (Å²) in [6.07, 6.45) is 1.74. The second-order valence-electron chi connectivity index (χ2n) is 2.21. The normalized spacial score (nSPS) is 9.08. The van der Waals surface area contributed by atoms with Gasteiger partial charge in [0, 0.05) is 6.42 Å². The van der Waals surface area contributed by atoms with Crippen molar-refractivity contribution in [3.8, 4) is 0 Å². The van der Waals surface area contributed by atoms with Gasteiger partial charge in [-0.1, -0.05) is 12.7 Å². The van der Waals surface area contributed by atoms with E-state index in [1.807, 2.05) is 0 Å². The summed E-state index contributed by atoms with van der Waals surface area (Å²) in [5.74, 6) is -0.526. The molecule has 12 heavy (non-hydrogen) atoms. The molecule has 0 amide bonds. The van der Waals surface area contributed by atoms with E-state index in [-0.39, 0.29) is 31.8 Å². The lowest BCUT2D eigenvalue weighted by Gasteiger charge is -1.99. The molecule has 0 aliphatic rings. The Balaban J connectivity index is 3.43. The van der Waals surface area contributed by atoms with Crippen molar-refractivity contribution in [2.45, 2.75) is 12.8 Å². The molecular weight excluding hydrogens is 158 g/mol. The number of hydrogen-bond donors (Lipinski definition) is 1. The maximum atomic E-state index is 10.8. The summed E-state index contributed by atoms with van der Waals surface area (Å²) in [4.78, 5) is 21.4. The maximum Gasteiger partial charge on any atom is 0.306 e. The van der Waals surface area contributed by atoms with Crippen LogP contribution < -0.4 is 5.73 Å². The lowest BCUT2D eigenvalue weighted by Crippen LogP contribution is -2.15. The second kappa shape index (κ2) is 6.54. The molecule has 0 aliphatic heterocycles. The van der Waals surface area contributed by atoms with E-state index in [1.54, 1.807) is 0 Å². The Hall–Kier alpha value is -1.16. The van der Waals surface area contributed by atoms with Gasteiger partial charge in [0.15, 0.2) is 0 Å². The van der Waals surface area contributed by atoms with E-state index in [9.17, 15) is 9.59 Å². The van der Waals surface area contributed by atoms with Gasteiger partial charge < -0.3 is 10.5 Å². The second-order valence-corrected chi connectivity index (χ2v) is 2.21. The number of ether oxygens (including phenoxy) is 1. The quantitative estimate of drug-likeness (QED) is 0.452. The molecule has 0 fully saturated rings. The number of nitrogens with two attached hydrogens (primary N) is 1. The first-order valence-corrected chi connectivity index (χ1v) is 3.69. The Bertz CT molecular complexity index is 177. The van der Waals surface area contributed by atoms with Crippen molar-refractivity contribution in [2.75, 3.05) is 13.2 Å². The van der Waals surface area contributed by atoms with Crippen molar-refractivity contribution < 1.29 is 14.3 Å². The molecule has 0 heterocycles. The van der Waals surface area contributed by atoms with E-state index >= 15 is 0 Å². The van der Waals surface area contributed by atoms with Crippen molar-refractivity contribution >= 4 is 11.8 Å². The number of rotatable bonds is 6. The van der Waals surface area contributed by atoms with Crippen LogP contribution in [0.2, 0.25) is 0 Å². The van der Waals surface area contributed by atoms with Crippen LogP contribution in [0.25, 0.3) is 0 Å². The predicted molar refractivity (Wildman–Crippen MR) is 44.5 cm³/mol. The average Bonchev–Trinajstić information content (AvgIpc) is 2.10. The highest BCUT2D eigenvalue weighted by Gasteiger charge is 2.05. The van der Waals surface area contributed by atoms with E-state index in [0.29, 0.717) is 0 Å². The molecule has 0 rings (SSSR count). The lowest BCUT2D eigenvalue weighted by molar-refractivity contribution is -0.143. The smallest absolute Gasteiger partial charge is 0.306 e. The van der Waals surface area contributed by atoms with Gasteiger partial charge in [0.1, 0.15) is 12.4 Å². The summed E-state index contributed by atoms with van der Waals surface area (Å²) < 4.78 is 4.64. The van der Waals surface area contributed by atoms with Crippen molar-refractivity contribution in [1.82, 2.24) is 0 Å². The molecule has 0 unspecified atom stereocenters. The molecule has 4 nitrogen and oxygen atoms in total. The minimum Gasteiger partial charge on any atom is -0.461 e. The van der Waals surface area contributed by atoms with Crippen LogP contribution in [0.5, 0.6) is 0 Å². The average molecular weight is 171 g/mol. The van der Waals surface area contributed by atoms with Gasteiger partial charge in [-0.05, 0) is 0 Å². The van der Waals surface area contributed by atoms with E-state index in [1.165, 1.54) is 6.08 Å². The topological polar surface area (TPSA) is 69.4 Å². The molecule has 0 saturated heterocycles. The van der Waals surface area contributed by atoms with Crippen molar-refractivity contribution in [3.05, 3.63) is 12.7 Å². The molecule has 0 bridgehead atoms. The number of hydrogen-bond acceptors (Lipinski definition) is 4. The lowest BCUT2D eigenvalue weighted by atomic mass is 10.2. The SMILES string of the molecule is C=CCOC(=O)CCC(=O)CN. The Morgan fingerprint density at radius 1 is 1.42 bits per heavy atom. The fraction of sp³-hybridized carbons (Fsp3) is 0.500. The zero-order valence-corrected chi connectivity index (χ0v) is 6.91. The molecule has 0 radical (unpaired) electrons. The number of Topliss-reactive ketones (excluding diaryl/α,β-unsaturated/α-hetero) is 1. The first-order chi connectivity index (χ1) is 5.70. The summed E-state index contributed by atoms with van der Waals surface area (Å²) in [7, 11) is 0. The van der Waals surface area contributed by atoms with Crippen LogP contribution in [0, 0.1) is 0 Å². The molecule has 2 N–H and O–H groups in total. The summed E-state index contributed by atoms with van der Waals surface area (Å²) in [6.45, 7) is 3.55. The number of ketones is 1. The van der Waals surface area contributed by atoms with Crippen LogP contribution in [-0.2, 0) is 14.3 Å². The molecule has 0 saturated carbocycles. The zero-order valence-electron chi connectivity index (χ0n) is 6.91. The van der Waals surface area contributed by atoms with E-state index in [4.69, 9.17) is 5.73 Å². The fourth-order valence-corrected chi connectivity index (χ4v) is 0.568. The Labute approximate surface area is 71.4 Å². The van der Waals surface area contributed by atoms with E-state index in [0.717, 1.165) is 0 Å². The molecule has 0 aromatic heterocycles. The summed E-state index contributed by atoms with van der Waals surface area (Å²) in [5.41, 5.74) is 5.04. The predicted octanol–water partition coefficient (Wildman–Crippen LogP) is 0.0236. The highest BCUT2D eigenvalue weighted by molar-refractivity contribution is 5.84. The van der Waals surface area contributed by atoms with E-state index < -0.39 is 5.97 Å². The summed E-state index contributed by atoms with van der Waals surface area (Å²) in [6, 6.07) is 0. The standard InChI is InChI=1S/C8H13NO3/c1-2-5-12-8(11)4-3-7(10)6-9/h2H,1,3-6,9H2. The van der Waals surface area contributed by atoms with Crippen molar-refractivity contribution in [3.63, 3.8) is 0 Å². The van der Waals surface area contributed by atoms with Crippen LogP contribution >= 0.6 is 0 Å². The van der Waals surface area contributed by atoms with Gasteiger partial charge in [-0.3, -0.25) is 9.59 Å². The maximum absolute atomic E-state index is 10.8. The van der Waals surface area contributed by atoms with Crippen LogP contribution in [0.4, 0.5) is 0 Å². The third-order valence-electron chi connectivity index (χ3n) is 1.20. The molecule has 0 aliphatic carbocycles. The molecule has 68 valence electrons. The Morgan fingerprint density at radius 3 is 2.58 bits per heavy atom. The van der Waals surface area contributed by atoms with Crippen LogP contribution in [-0.4, -0.2) is 24.9 Å². The number of carbonyl (C=O) groups excluding carboxylic acids is 2. The van der Waals surface area contributed by atoms with Gasteiger partial charge in [-0.2, -0.15) is 0 Å². The highest BCUT2D eigenvalue weighted by Crippen LogP contribution is 1.93. The largest absolute Gasteiger partial charge is 0.461 e. The Morgan fingerprint density at radius 2 is 2.08 bits per heavy atom. The highest BCUT2D eigenvalue weighted by atomic mass is 16.5. The molecular formula is C8H13NO3. The van der Waals surface area contributed by atoms with Gasteiger partial charge in [0.05, 0.1) is 13.0 Å². The van der Waals surface area contributed by atoms with Gasteiger partial charge in [-0.15, -0.1) is 0 Å². The fourth-order valence-electron chi connectivity index (χ4n) is 0.568. The zero-order chi connectivity index (χ0) is 9.40. The molecule has 0 aromatic carbocycles. The van der Waals surface area contributed by atoms with E-state index in [2.05, 4.69) is 11.3 Å². The van der Waals surface area contributed by atoms with Gasteiger partial charge in [-0.25, -0.2) is 0 Å². The summed E-state index contributed by atoms with van der Waals surface area (Å²) >= 11 is 0. The van der Waals surface area contributed by atoms with Gasteiger partial charge in [0.2, 0.25) is 0 Å². The minimum atomic E-state index is -0.392. The monoisotopic (exact) mass is 171 g/mol. The molecule has 0 aromatic rings. The third kappa shape index (κ3) is 5.61. The third-order valence-corrected chi connectivity index (χ3v) is 1.20. The van der Waals surface area contributed by atoms with Crippen LogP contribution in [0.1, 0.15) is 12.8 Å². The van der Waals surface area contributed by atoms with Crippen LogP contribution in [0.15, 0.2) is 12.7 Å². The number of esters is 1. The first kappa shape index (κ1) is 10.8. The van der Waals surface area contributed by atoms with Crippen LogP contribution in [0.3, 0.4) is 0 Å². The minimum absolute atomic E-state index is 0.0191. The van der Waals surface area contributed by atoms with Crippen molar-refractivity contribution in [2.24, 2.45) is 5.73 Å². The number of carbonyl (C=O) groups is 2. The van der Waals surface area contributed by atoms with Gasteiger partial charge >= 0.3 is 5.97 Å². The van der Waals surface area contributed by atoms with Gasteiger partial charge in [0.25, 0.3) is 0 Å². The molecule has 0 spiro atoms. The molecule has 0 atom stereocenters.